The molecule has 0 bridgehead atoms. The van der Waals surface area contributed by atoms with Crippen LogP contribution in [-0.2, 0) is 9.53 Å². The number of nitrogens with one attached hydrogen (secondary N) is 1. The summed E-state index contributed by atoms with van der Waals surface area (Å²) < 4.78 is 5.41. The van der Waals surface area contributed by atoms with Crippen molar-refractivity contribution in [1.82, 2.24) is 10.2 Å². The molecule has 19 heavy (non-hydrogen) atoms. The molecular weight excluding hydrogens is 240 g/mol. The minimum Gasteiger partial charge on any atom is -0.367 e. The van der Waals surface area contributed by atoms with E-state index in [0.717, 1.165) is 18.7 Å². The molecule has 4 nitrogen and oxygen atoms in total. The summed E-state index contributed by atoms with van der Waals surface area (Å²) in [6.07, 6.45) is -0.501. The number of hydrogen-bond acceptors (Lipinski definition) is 3. The van der Waals surface area contributed by atoms with Crippen molar-refractivity contribution in [3.8, 4) is 0 Å². The van der Waals surface area contributed by atoms with Gasteiger partial charge in [0.15, 0.2) is 6.10 Å². The molecule has 1 amide bonds. The zero-order valence-electron chi connectivity index (χ0n) is 11.8. The number of piperazine rings is 1. The fourth-order valence-electron chi connectivity index (χ4n) is 2.68. The summed E-state index contributed by atoms with van der Waals surface area (Å²) in [6.45, 7) is 5.66. The zero-order valence-corrected chi connectivity index (χ0v) is 11.8. The minimum absolute atomic E-state index is 0.0499. The van der Waals surface area contributed by atoms with Crippen LogP contribution in [0.5, 0.6) is 0 Å². The normalized spacial score (nSPS) is 25.1. The van der Waals surface area contributed by atoms with Crippen LogP contribution in [-0.4, -0.2) is 43.1 Å². The second-order valence-corrected chi connectivity index (χ2v) is 5.24. The highest BCUT2D eigenvalue weighted by molar-refractivity contribution is 5.82. The molecule has 0 saturated carbocycles. The molecule has 1 fully saturated rings. The van der Waals surface area contributed by atoms with Crippen LogP contribution in [0.1, 0.15) is 25.5 Å². The maximum Gasteiger partial charge on any atom is 0.256 e. The lowest BCUT2D eigenvalue weighted by atomic mass is 10.1. The first kappa shape index (κ1) is 14.0. The molecule has 2 rings (SSSR count). The van der Waals surface area contributed by atoms with Crippen LogP contribution < -0.4 is 5.32 Å². The molecule has 1 aromatic carbocycles. The van der Waals surface area contributed by atoms with Crippen molar-refractivity contribution < 1.29 is 9.53 Å². The molecule has 1 heterocycles. The van der Waals surface area contributed by atoms with Gasteiger partial charge in [0.1, 0.15) is 0 Å². The van der Waals surface area contributed by atoms with E-state index < -0.39 is 6.10 Å². The van der Waals surface area contributed by atoms with Crippen molar-refractivity contribution in [1.29, 1.82) is 0 Å². The van der Waals surface area contributed by atoms with E-state index in [9.17, 15) is 4.79 Å². The molecule has 1 aliphatic heterocycles. The van der Waals surface area contributed by atoms with Crippen LogP contribution >= 0.6 is 0 Å². The van der Waals surface area contributed by atoms with Gasteiger partial charge < -0.3 is 15.0 Å². The Bertz CT molecular complexity index is 411. The first-order chi connectivity index (χ1) is 9.11. The predicted octanol–water partition coefficient (Wildman–Crippen LogP) is 1.58. The fraction of sp³-hybridized carbons (Fsp3) is 0.533. The molecule has 0 spiro atoms. The van der Waals surface area contributed by atoms with E-state index in [2.05, 4.69) is 19.2 Å². The van der Waals surface area contributed by atoms with Gasteiger partial charge in [0.05, 0.1) is 0 Å². The van der Waals surface area contributed by atoms with Crippen LogP contribution in [0.4, 0.5) is 0 Å². The summed E-state index contributed by atoms with van der Waals surface area (Å²) in [5.74, 6) is 0.0499. The third kappa shape index (κ3) is 3.33. The van der Waals surface area contributed by atoms with Gasteiger partial charge in [-0.15, -0.1) is 0 Å². The van der Waals surface area contributed by atoms with Crippen molar-refractivity contribution in [3.63, 3.8) is 0 Å². The highest BCUT2D eigenvalue weighted by Gasteiger charge is 2.30. The number of hydrogen-bond donors (Lipinski definition) is 1. The molecule has 0 aromatic heterocycles. The summed E-state index contributed by atoms with van der Waals surface area (Å²) in [4.78, 5) is 14.5. The summed E-state index contributed by atoms with van der Waals surface area (Å²) in [5.41, 5.74) is 0.911. The maximum absolute atomic E-state index is 12.6. The molecule has 0 aliphatic carbocycles. The van der Waals surface area contributed by atoms with Crippen LogP contribution in [0.25, 0.3) is 0 Å². The van der Waals surface area contributed by atoms with Crippen LogP contribution in [0.15, 0.2) is 30.3 Å². The number of nitrogens with zero attached hydrogens (tertiary/aromatic N) is 1. The molecule has 1 saturated heterocycles. The number of carbonyl (C=O) groups excluding carboxylic acids is 1. The summed E-state index contributed by atoms with van der Waals surface area (Å²) in [7, 11) is 1.59. The fourth-order valence-corrected chi connectivity index (χ4v) is 2.68. The second-order valence-electron chi connectivity index (χ2n) is 5.24. The summed E-state index contributed by atoms with van der Waals surface area (Å²) in [6, 6.07) is 10.3. The van der Waals surface area contributed by atoms with Crippen LogP contribution in [0, 0.1) is 0 Å². The molecule has 3 atom stereocenters. The van der Waals surface area contributed by atoms with Gasteiger partial charge in [-0.2, -0.15) is 0 Å². The van der Waals surface area contributed by atoms with Crippen molar-refractivity contribution in [2.45, 2.75) is 32.0 Å². The molecule has 1 N–H and O–H groups in total. The number of carbonyl (C=O) groups is 1. The van der Waals surface area contributed by atoms with Crippen molar-refractivity contribution in [2.24, 2.45) is 0 Å². The van der Waals surface area contributed by atoms with Crippen LogP contribution in [0.3, 0.4) is 0 Å². The Hall–Kier alpha value is -1.39. The molecule has 0 unspecified atom stereocenters. The van der Waals surface area contributed by atoms with Gasteiger partial charge in [-0.3, -0.25) is 4.79 Å². The SMILES string of the molecule is CO[C@@H](C(=O)N1C[C@@H](C)N[C@@H](C)C1)c1ccccc1. The predicted molar refractivity (Wildman–Crippen MR) is 74.8 cm³/mol. The van der Waals surface area contributed by atoms with Gasteiger partial charge >= 0.3 is 0 Å². The van der Waals surface area contributed by atoms with E-state index in [4.69, 9.17) is 4.74 Å². The molecule has 0 radical (unpaired) electrons. The average Bonchev–Trinajstić information content (AvgIpc) is 2.39. The molecule has 1 aromatic rings. The Kier molecular flexibility index (Phi) is 4.56. The third-order valence-corrected chi connectivity index (χ3v) is 3.43. The highest BCUT2D eigenvalue weighted by atomic mass is 16.5. The number of ether oxygens (including phenoxy) is 1. The van der Waals surface area contributed by atoms with Gasteiger partial charge in [0.2, 0.25) is 0 Å². The molecule has 104 valence electrons. The molecular formula is C15H22N2O2. The lowest BCUT2D eigenvalue weighted by Gasteiger charge is -2.37. The van der Waals surface area contributed by atoms with Gasteiger partial charge in [-0.05, 0) is 19.4 Å². The third-order valence-electron chi connectivity index (χ3n) is 3.43. The Morgan fingerprint density at radius 3 is 2.37 bits per heavy atom. The van der Waals surface area contributed by atoms with Gasteiger partial charge in [0, 0.05) is 32.3 Å². The Balaban J connectivity index is 2.13. The van der Waals surface area contributed by atoms with E-state index in [1.807, 2.05) is 35.2 Å². The Labute approximate surface area is 114 Å². The summed E-state index contributed by atoms with van der Waals surface area (Å²) in [5, 5.41) is 3.43. The van der Waals surface area contributed by atoms with E-state index >= 15 is 0 Å². The van der Waals surface area contributed by atoms with E-state index in [1.165, 1.54) is 0 Å². The number of methoxy groups -OCH3 is 1. The highest BCUT2D eigenvalue weighted by Crippen LogP contribution is 2.20. The quantitative estimate of drug-likeness (QED) is 0.899. The van der Waals surface area contributed by atoms with Crippen LogP contribution in [0.2, 0.25) is 0 Å². The Morgan fingerprint density at radius 2 is 1.84 bits per heavy atom. The monoisotopic (exact) mass is 262 g/mol. The van der Waals surface area contributed by atoms with E-state index in [1.54, 1.807) is 7.11 Å². The first-order valence-corrected chi connectivity index (χ1v) is 6.74. The van der Waals surface area contributed by atoms with Gasteiger partial charge in [-0.25, -0.2) is 0 Å². The summed E-state index contributed by atoms with van der Waals surface area (Å²) >= 11 is 0. The lowest BCUT2D eigenvalue weighted by Crippen LogP contribution is -2.56. The largest absolute Gasteiger partial charge is 0.367 e. The zero-order chi connectivity index (χ0) is 13.8. The van der Waals surface area contributed by atoms with E-state index in [-0.39, 0.29) is 5.91 Å². The number of benzene rings is 1. The van der Waals surface area contributed by atoms with Gasteiger partial charge in [-0.1, -0.05) is 30.3 Å². The first-order valence-electron chi connectivity index (χ1n) is 6.74. The minimum atomic E-state index is -0.501. The maximum atomic E-state index is 12.6. The van der Waals surface area contributed by atoms with Gasteiger partial charge in [0.25, 0.3) is 5.91 Å². The Morgan fingerprint density at radius 1 is 1.26 bits per heavy atom. The standard InChI is InChI=1S/C15H22N2O2/c1-11-9-17(10-12(2)16-11)15(18)14(19-3)13-7-5-4-6-8-13/h4-8,11-12,14,16H,9-10H2,1-3H3/t11-,12+,14-/m1/s1. The van der Waals surface area contributed by atoms with E-state index in [0.29, 0.717) is 12.1 Å². The molecule has 1 aliphatic rings. The van der Waals surface area contributed by atoms with Crippen molar-refractivity contribution >= 4 is 5.91 Å². The number of rotatable bonds is 3. The molecule has 4 heteroatoms. The number of amides is 1. The lowest BCUT2D eigenvalue weighted by molar-refractivity contribution is -0.144. The topological polar surface area (TPSA) is 41.6 Å². The van der Waals surface area contributed by atoms with Crippen molar-refractivity contribution in [3.05, 3.63) is 35.9 Å². The average molecular weight is 262 g/mol. The second kappa shape index (κ2) is 6.17. The van der Waals surface area contributed by atoms with Crippen molar-refractivity contribution in [2.75, 3.05) is 20.2 Å². The smallest absolute Gasteiger partial charge is 0.256 e.